The molecule has 0 bridgehead atoms. The zero-order chi connectivity index (χ0) is 12.0. The molecule has 1 aliphatic heterocycles. The van der Waals surface area contributed by atoms with Gasteiger partial charge in [-0.25, -0.2) is 0 Å². The molecule has 94 valence electrons. The van der Waals surface area contributed by atoms with E-state index in [1.54, 1.807) is 0 Å². The molecule has 2 unspecified atom stereocenters. The Hall–Kier alpha value is -0.220. The minimum Gasteiger partial charge on any atom is -0.364 e. The molecule has 0 spiro atoms. The maximum Gasteiger partial charge on any atom is 0.156 e. The van der Waals surface area contributed by atoms with Crippen LogP contribution in [0.25, 0.3) is 0 Å². The molecule has 1 N–H and O–H groups in total. The molecule has 2 atom stereocenters. The van der Waals surface area contributed by atoms with Crippen molar-refractivity contribution in [3.05, 3.63) is 0 Å². The highest BCUT2D eigenvalue weighted by molar-refractivity contribution is 8.14. The van der Waals surface area contributed by atoms with E-state index in [0.717, 1.165) is 24.8 Å². The van der Waals surface area contributed by atoms with Gasteiger partial charge in [-0.2, -0.15) is 0 Å². The van der Waals surface area contributed by atoms with Gasteiger partial charge in [0.15, 0.2) is 5.17 Å². The Morgan fingerprint density at radius 1 is 1.56 bits per heavy atom. The second-order valence-corrected chi connectivity index (χ2v) is 5.75. The van der Waals surface area contributed by atoms with Gasteiger partial charge in [0, 0.05) is 24.4 Å². The lowest BCUT2D eigenvalue weighted by Gasteiger charge is -2.23. The molecule has 1 aliphatic rings. The van der Waals surface area contributed by atoms with Crippen LogP contribution in [0.5, 0.6) is 0 Å². The van der Waals surface area contributed by atoms with Crippen molar-refractivity contribution in [2.24, 2.45) is 4.99 Å². The fourth-order valence-electron chi connectivity index (χ4n) is 1.60. The molecule has 0 fully saturated rings. The number of hydrogen-bond donors (Lipinski definition) is 1. The number of nitrogens with zero attached hydrogens (tertiary/aromatic N) is 2. The van der Waals surface area contributed by atoms with Gasteiger partial charge in [0.25, 0.3) is 0 Å². The fourth-order valence-corrected chi connectivity index (χ4v) is 2.56. The van der Waals surface area contributed by atoms with Gasteiger partial charge in [0.2, 0.25) is 0 Å². The predicted molar refractivity (Wildman–Crippen MR) is 74.4 cm³/mol. The minimum atomic E-state index is 0.670. The number of likely N-dealkylation sites (N-methyl/N-ethyl adjacent to an activating group) is 1. The van der Waals surface area contributed by atoms with Gasteiger partial charge in [0.1, 0.15) is 0 Å². The number of aliphatic imine (C=N–C) groups is 1. The fraction of sp³-hybridized carbons (Fsp3) is 0.917. The first-order valence-corrected chi connectivity index (χ1v) is 7.20. The normalized spacial score (nSPS) is 22.3. The SMILES string of the molecule is CCC1CN=C(NCCN(C)C(C)CC)S1. The summed E-state index contributed by atoms with van der Waals surface area (Å²) in [5.74, 6) is 0. The second-order valence-electron chi connectivity index (χ2n) is 4.46. The zero-order valence-corrected chi connectivity index (χ0v) is 11.8. The average Bonchev–Trinajstić information content (AvgIpc) is 2.75. The van der Waals surface area contributed by atoms with Gasteiger partial charge in [-0.15, -0.1) is 0 Å². The smallest absolute Gasteiger partial charge is 0.156 e. The third kappa shape index (κ3) is 4.34. The Labute approximate surface area is 104 Å². The van der Waals surface area contributed by atoms with E-state index in [0.29, 0.717) is 11.3 Å². The number of nitrogens with one attached hydrogen (secondary N) is 1. The van der Waals surface area contributed by atoms with Crippen LogP contribution in [0.15, 0.2) is 4.99 Å². The van der Waals surface area contributed by atoms with Crippen molar-refractivity contribution in [3.63, 3.8) is 0 Å². The molecule has 16 heavy (non-hydrogen) atoms. The van der Waals surface area contributed by atoms with Crippen molar-refractivity contribution in [1.29, 1.82) is 0 Å². The molecule has 0 radical (unpaired) electrons. The monoisotopic (exact) mass is 243 g/mol. The number of rotatable bonds is 6. The van der Waals surface area contributed by atoms with E-state index in [-0.39, 0.29) is 0 Å². The molecule has 0 amide bonds. The molecule has 0 aliphatic carbocycles. The quantitative estimate of drug-likeness (QED) is 0.775. The highest BCUT2D eigenvalue weighted by Gasteiger charge is 2.17. The predicted octanol–water partition coefficient (Wildman–Crippen LogP) is 2.19. The van der Waals surface area contributed by atoms with Gasteiger partial charge in [-0.1, -0.05) is 25.6 Å². The van der Waals surface area contributed by atoms with Crippen LogP contribution < -0.4 is 5.32 Å². The largest absolute Gasteiger partial charge is 0.364 e. The van der Waals surface area contributed by atoms with Gasteiger partial charge in [0.05, 0.1) is 6.54 Å². The van der Waals surface area contributed by atoms with Crippen molar-refractivity contribution >= 4 is 16.9 Å². The van der Waals surface area contributed by atoms with E-state index in [9.17, 15) is 0 Å². The summed E-state index contributed by atoms with van der Waals surface area (Å²) in [7, 11) is 2.19. The molecular weight excluding hydrogens is 218 g/mol. The van der Waals surface area contributed by atoms with E-state index in [2.05, 4.69) is 43.0 Å². The van der Waals surface area contributed by atoms with Crippen molar-refractivity contribution in [1.82, 2.24) is 10.2 Å². The third-order valence-corrected chi connectivity index (χ3v) is 4.57. The van der Waals surface area contributed by atoms with E-state index < -0.39 is 0 Å². The topological polar surface area (TPSA) is 27.6 Å². The zero-order valence-electron chi connectivity index (χ0n) is 11.0. The Morgan fingerprint density at radius 2 is 2.31 bits per heavy atom. The van der Waals surface area contributed by atoms with Crippen LogP contribution >= 0.6 is 11.8 Å². The Bertz CT molecular complexity index is 230. The Kier molecular flexibility index (Phi) is 6.21. The highest BCUT2D eigenvalue weighted by atomic mass is 32.2. The van der Waals surface area contributed by atoms with Crippen molar-refractivity contribution in [2.45, 2.75) is 44.9 Å². The van der Waals surface area contributed by atoms with Crippen LogP contribution in [-0.2, 0) is 0 Å². The highest BCUT2D eigenvalue weighted by Crippen LogP contribution is 2.21. The lowest BCUT2D eigenvalue weighted by Crippen LogP contribution is -2.36. The third-order valence-electron chi connectivity index (χ3n) is 3.26. The molecule has 0 aromatic heterocycles. The molecular formula is C12H25N3S. The van der Waals surface area contributed by atoms with Crippen LogP contribution in [0.1, 0.15) is 33.6 Å². The first-order chi connectivity index (χ1) is 7.67. The maximum absolute atomic E-state index is 4.50. The van der Waals surface area contributed by atoms with Crippen LogP contribution in [0.3, 0.4) is 0 Å². The van der Waals surface area contributed by atoms with Gasteiger partial charge in [-0.05, 0) is 26.8 Å². The second kappa shape index (κ2) is 7.17. The van der Waals surface area contributed by atoms with Crippen molar-refractivity contribution in [3.8, 4) is 0 Å². The van der Waals surface area contributed by atoms with Crippen molar-refractivity contribution in [2.75, 3.05) is 26.7 Å². The lowest BCUT2D eigenvalue weighted by atomic mass is 10.2. The van der Waals surface area contributed by atoms with Crippen LogP contribution in [0.4, 0.5) is 0 Å². The summed E-state index contributed by atoms with van der Waals surface area (Å²) in [5.41, 5.74) is 0. The molecule has 1 rings (SSSR count). The Morgan fingerprint density at radius 3 is 2.88 bits per heavy atom. The number of thioether (sulfide) groups is 1. The molecule has 0 aromatic rings. The summed E-state index contributed by atoms with van der Waals surface area (Å²) in [5, 5.41) is 5.27. The van der Waals surface area contributed by atoms with Gasteiger partial charge < -0.3 is 10.2 Å². The standard InChI is InChI=1S/C12H25N3S/c1-5-10(3)15(4)8-7-13-12-14-9-11(6-2)16-12/h10-11H,5-9H2,1-4H3,(H,13,14). The molecule has 0 aromatic carbocycles. The molecule has 3 nitrogen and oxygen atoms in total. The summed E-state index contributed by atoms with van der Waals surface area (Å²) in [6, 6.07) is 0.670. The lowest BCUT2D eigenvalue weighted by molar-refractivity contribution is 0.256. The minimum absolute atomic E-state index is 0.670. The summed E-state index contributed by atoms with van der Waals surface area (Å²) < 4.78 is 0. The maximum atomic E-state index is 4.50. The summed E-state index contributed by atoms with van der Waals surface area (Å²) in [6.45, 7) is 9.82. The summed E-state index contributed by atoms with van der Waals surface area (Å²) in [4.78, 5) is 6.89. The van der Waals surface area contributed by atoms with E-state index in [1.165, 1.54) is 12.8 Å². The average molecular weight is 243 g/mol. The van der Waals surface area contributed by atoms with Gasteiger partial charge >= 0.3 is 0 Å². The first-order valence-electron chi connectivity index (χ1n) is 6.32. The molecule has 1 heterocycles. The van der Waals surface area contributed by atoms with Crippen LogP contribution in [0.2, 0.25) is 0 Å². The van der Waals surface area contributed by atoms with Gasteiger partial charge in [-0.3, -0.25) is 4.99 Å². The molecule has 4 heteroatoms. The van der Waals surface area contributed by atoms with Crippen LogP contribution in [-0.4, -0.2) is 48.0 Å². The first kappa shape index (κ1) is 13.8. The summed E-state index contributed by atoms with van der Waals surface area (Å²) in [6.07, 6.45) is 2.43. The van der Waals surface area contributed by atoms with Crippen molar-refractivity contribution < 1.29 is 0 Å². The summed E-state index contributed by atoms with van der Waals surface area (Å²) >= 11 is 1.90. The number of amidine groups is 1. The Balaban J connectivity index is 2.12. The molecule has 0 saturated carbocycles. The van der Waals surface area contributed by atoms with E-state index in [1.807, 2.05) is 11.8 Å². The number of hydrogen-bond acceptors (Lipinski definition) is 4. The van der Waals surface area contributed by atoms with E-state index >= 15 is 0 Å². The van der Waals surface area contributed by atoms with Crippen LogP contribution in [0, 0.1) is 0 Å². The van der Waals surface area contributed by atoms with E-state index in [4.69, 9.17) is 0 Å². The molecule has 0 saturated heterocycles.